The fraction of sp³-hybridized carbons (Fsp3) is 0.353. The van der Waals surface area contributed by atoms with Crippen LogP contribution in [-0.4, -0.2) is 41.2 Å². The molecule has 3 aromatic rings. The van der Waals surface area contributed by atoms with Crippen LogP contribution in [0.2, 0.25) is 0 Å². The number of benzene rings is 3. The smallest absolute Gasteiger partial charge is 0.329 e. The van der Waals surface area contributed by atoms with Crippen LogP contribution in [0.1, 0.15) is 66.8 Å². The first-order valence-corrected chi connectivity index (χ1v) is 14.4. The van der Waals surface area contributed by atoms with Crippen LogP contribution in [0.3, 0.4) is 0 Å². The molecule has 1 saturated heterocycles. The Balaban J connectivity index is 1.27. The molecule has 3 aliphatic carbocycles. The second kappa shape index (κ2) is 10.6. The van der Waals surface area contributed by atoms with Crippen molar-refractivity contribution < 1.29 is 23.9 Å². The summed E-state index contributed by atoms with van der Waals surface area (Å²) < 4.78 is 5.47. The Morgan fingerprint density at radius 1 is 0.805 bits per heavy atom. The van der Waals surface area contributed by atoms with Crippen molar-refractivity contribution in [1.29, 1.82) is 0 Å². The fourth-order valence-corrected chi connectivity index (χ4v) is 7.13. The zero-order chi connectivity index (χ0) is 28.8. The van der Waals surface area contributed by atoms with Crippen LogP contribution < -0.4 is 5.32 Å². The third kappa shape index (κ3) is 4.44. The number of imide groups is 1. The van der Waals surface area contributed by atoms with E-state index in [1.807, 2.05) is 63.2 Å². The molecule has 0 radical (unpaired) electrons. The number of hydrogen-bond acceptors (Lipinski definition) is 5. The summed E-state index contributed by atoms with van der Waals surface area (Å²) in [5, 5.41) is 2.80. The lowest BCUT2D eigenvalue weighted by atomic mass is 9.55. The van der Waals surface area contributed by atoms with E-state index < -0.39 is 36.4 Å². The number of nitrogens with zero attached hydrogens (tertiary/aromatic N) is 1. The van der Waals surface area contributed by atoms with Gasteiger partial charge in [0.25, 0.3) is 5.91 Å². The Morgan fingerprint density at radius 3 is 1.78 bits per heavy atom. The van der Waals surface area contributed by atoms with Crippen molar-refractivity contribution in [3.63, 3.8) is 0 Å². The number of ether oxygens (including phenoxy) is 1. The van der Waals surface area contributed by atoms with Gasteiger partial charge in [0, 0.05) is 17.5 Å². The summed E-state index contributed by atoms with van der Waals surface area (Å²) >= 11 is 0. The largest absolute Gasteiger partial charge is 0.454 e. The third-order valence-electron chi connectivity index (χ3n) is 8.78. The van der Waals surface area contributed by atoms with Crippen LogP contribution in [0.5, 0.6) is 0 Å². The third-order valence-corrected chi connectivity index (χ3v) is 8.78. The molecule has 1 heterocycles. The lowest BCUT2D eigenvalue weighted by Gasteiger charge is -2.45. The molecule has 4 aliphatic rings. The highest BCUT2D eigenvalue weighted by molar-refractivity contribution is 6.10. The number of esters is 1. The molecule has 7 heteroatoms. The summed E-state index contributed by atoms with van der Waals surface area (Å²) in [6.07, 6.45) is 0.995. The van der Waals surface area contributed by atoms with Crippen molar-refractivity contribution in [3.05, 3.63) is 101 Å². The van der Waals surface area contributed by atoms with E-state index in [0.29, 0.717) is 5.69 Å². The highest BCUT2D eigenvalue weighted by atomic mass is 16.5. The molecule has 1 N–H and O–H groups in total. The second-order valence-corrected chi connectivity index (χ2v) is 11.6. The van der Waals surface area contributed by atoms with Gasteiger partial charge in [-0.1, -0.05) is 87.5 Å². The van der Waals surface area contributed by atoms with Gasteiger partial charge in [0.15, 0.2) is 6.61 Å². The highest BCUT2D eigenvalue weighted by Gasteiger charge is 2.63. The number of hydrogen-bond donors (Lipinski definition) is 1. The molecule has 1 aliphatic heterocycles. The lowest BCUT2D eigenvalue weighted by Crippen LogP contribution is -2.47. The number of anilines is 1. The van der Waals surface area contributed by atoms with Gasteiger partial charge < -0.3 is 10.1 Å². The zero-order valence-corrected chi connectivity index (χ0v) is 23.5. The highest BCUT2D eigenvalue weighted by Crippen LogP contribution is 2.61. The average Bonchev–Trinajstić information content (AvgIpc) is 3.24. The van der Waals surface area contributed by atoms with E-state index in [-0.39, 0.29) is 36.0 Å². The molecule has 1 fully saturated rings. The Kier molecular flexibility index (Phi) is 6.98. The maximum absolute atomic E-state index is 14.2. The van der Waals surface area contributed by atoms with Crippen LogP contribution in [0.15, 0.2) is 72.8 Å². The molecule has 7 rings (SSSR count). The standard InChI is InChI=1S/C34H34N2O5/c1-4-20-11-5-10-16-25(20)35-27(37)18-41-34(40)26(17-19(2)3)36-32(38)30-28-21-12-6-7-13-22(21)29(31(30)33(36)39)24-15-9-8-14-23(24)28/h5-16,19,26,28-31H,4,17-18H2,1-3H3,(H,35,37)/t26-,28?,29?,30-,31+/m1/s1. The van der Waals surface area contributed by atoms with Crippen molar-refractivity contribution >= 4 is 29.4 Å². The van der Waals surface area contributed by atoms with Crippen LogP contribution in [0, 0.1) is 17.8 Å². The van der Waals surface area contributed by atoms with Gasteiger partial charge >= 0.3 is 5.97 Å². The minimum absolute atomic E-state index is 0.00662. The molecule has 0 aromatic heterocycles. The van der Waals surface area contributed by atoms with Crippen molar-refractivity contribution in [2.24, 2.45) is 17.8 Å². The molecule has 0 saturated carbocycles. The summed E-state index contributed by atoms with van der Waals surface area (Å²) in [7, 11) is 0. The Hall–Kier alpha value is -4.26. The van der Waals surface area contributed by atoms with Gasteiger partial charge in [-0.25, -0.2) is 4.79 Å². The van der Waals surface area contributed by atoms with E-state index in [9.17, 15) is 19.2 Å². The molecular weight excluding hydrogens is 516 g/mol. The number of aryl methyl sites for hydroxylation is 1. The fourth-order valence-electron chi connectivity index (χ4n) is 7.13. The SMILES string of the molecule is CCc1ccccc1NC(=O)COC(=O)[C@@H](CC(C)C)N1C(=O)[C@@H]2C3c4ccccc4C(c4ccccc43)[C@@H]2C1=O. The van der Waals surface area contributed by atoms with Crippen LogP contribution >= 0.6 is 0 Å². The van der Waals surface area contributed by atoms with E-state index >= 15 is 0 Å². The van der Waals surface area contributed by atoms with Crippen molar-refractivity contribution in [1.82, 2.24) is 4.90 Å². The number of para-hydroxylation sites is 1. The summed E-state index contributed by atoms with van der Waals surface area (Å²) in [6.45, 7) is 5.35. The number of carbonyl (C=O) groups is 4. The number of rotatable bonds is 8. The van der Waals surface area contributed by atoms with E-state index in [1.54, 1.807) is 6.07 Å². The maximum atomic E-state index is 14.2. The number of nitrogens with one attached hydrogen (secondary N) is 1. The van der Waals surface area contributed by atoms with Gasteiger partial charge in [0.1, 0.15) is 6.04 Å². The molecule has 3 amide bonds. The van der Waals surface area contributed by atoms with Crippen molar-refractivity contribution in [2.75, 3.05) is 11.9 Å². The quantitative estimate of drug-likeness (QED) is 0.314. The molecule has 3 atom stereocenters. The first kappa shape index (κ1) is 26.9. The van der Waals surface area contributed by atoms with E-state index in [1.165, 1.54) is 4.90 Å². The summed E-state index contributed by atoms with van der Waals surface area (Å²) in [5.41, 5.74) is 5.94. The van der Waals surface area contributed by atoms with Crippen molar-refractivity contribution in [2.45, 2.75) is 51.5 Å². The molecule has 0 unspecified atom stereocenters. The second-order valence-electron chi connectivity index (χ2n) is 11.6. The molecular formula is C34H34N2O5. The van der Waals surface area contributed by atoms with E-state index in [4.69, 9.17) is 4.74 Å². The summed E-state index contributed by atoms with van der Waals surface area (Å²) in [5.74, 6) is -3.52. The molecule has 0 spiro atoms. The zero-order valence-electron chi connectivity index (χ0n) is 23.5. The molecule has 3 aromatic carbocycles. The molecule has 41 heavy (non-hydrogen) atoms. The predicted molar refractivity (Wildman–Crippen MR) is 154 cm³/mol. The van der Waals surface area contributed by atoms with E-state index in [0.717, 1.165) is 34.2 Å². The van der Waals surface area contributed by atoms with Gasteiger partial charge in [-0.3, -0.25) is 19.3 Å². The van der Waals surface area contributed by atoms with Gasteiger partial charge in [-0.15, -0.1) is 0 Å². The monoisotopic (exact) mass is 550 g/mol. The topological polar surface area (TPSA) is 92.8 Å². The van der Waals surface area contributed by atoms with Crippen molar-refractivity contribution in [3.8, 4) is 0 Å². The number of likely N-dealkylation sites (tertiary alicyclic amines) is 1. The Labute approximate surface area is 239 Å². The Morgan fingerprint density at radius 2 is 1.29 bits per heavy atom. The van der Waals surface area contributed by atoms with Gasteiger partial charge in [0.2, 0.25) is 11.8 Å². The normalized spacial score (nSPS) is 22.7. The van der Waals surface area contributed by atoms with Gasteiger partial charge in [0.05, 0.1) is 11.8 Å². The lowest BCUT2D eigenvalue weighted by molar-refractivity contribution is -0.160. The summed E-state index contributed by atoms with van der Waals surface area (Å²) in [4.78, 5) is 55.7. The van der Waals surface area contributed by atoms with E-state index in [2.05, 4.69) is 29.6 Å². The van der Waals surface area contributed by atoms with Gasteiger partial charge in [-0.05, 0) is 52.6 Å². The van der Waals surface area contributed by atoms with Crippen LogP contribution in [-0.2, 0) is 30.3 Å². The molecule has 7 nitrogen and oxygen atoms in total. The minimum atomic E-state index is -1.10. The number of carbonyl (C=O) groups excluding carboxylic acids is 4. The number of amides is 3. The summed E-state index contributed by atoms with van der Waals surface area (Å²) in [6, 6.07) is 22.4. The van der Waals surface area contributed by atoms with Crippen LogP contribution in [0.25, 0.3) is 0 Å². The molecule has 210 valence electrons. The maximum Gasteiger partial charge on any atom is 0.329 e. The average molecular weight is 551 g/mol. The van der Waals surface area contributed by atoms with Gasteiger partial charge in [-0.2, -0.15) is 0 Å². The molecule has 2 bridgehead atoms. The Bertz CT molecular complexity index is 1430. The first-order chi connectivity index (χ1) is 19.8. The predicted octanol–water partition coefficient (Wildman–Crippen LogP) is 5.04. The first-order valence-electron chi connectivity index (χ1n) is 14.4. The minimum Gasteiger partial charge on any atom is -0.454 e. The van der Waals surface area contributed by atoms with Crippen LogP contribution in [0.4, 0.5) is 5.69 Å².